The predicted molar refractivity (Wildman–Crippen MR) is 51.0 cm³/mol. The molecule has 1 N–H and O–H groups in total. The summed E-state index contributed by atoms with van der Waals surface area (Å²) in [4.78, 5) is 9.27. The molecule has 0 aromatic heterocycles. The maximum absolute atomic E-state index is 10.6. The third-order valence-corrected chi connectivity index (χ3v) is 2.42. The Labute approximate surface area is 115 Å². The van der Waals surface area contributed by atoms with Crippen LogP contribution in [0.3, 0.4) is 0 Å². The van der Waals surface area contributed by atoms with E-state index in [1.807, 2.05) is 0 Å². The average Bonchev–Trinajstić information content (AvgIpc) is 2.13. The van der Waals surface area contributed by atoms with Crippen molar-refractivity contribution in [3.8, 4) is 0 Å². The number of benzene rings is 1. The van der Waals surface area contributed by atoms with Crippen LogP contribution in [0.15, 0.2) is 35.2 Å². The topological polar surface area (TPSA) is 94.5 Å². The average molecular weight is 250 g/mol. The Morgan fingerprint density at radius 2 is 1.75 bits per heavy atom. The van der Waals surface area contributed by atoms with E-state index < -0.39 is 21.0 Å². The van der Waals surface area contributed by atoms with Crippen LogP contribution in [0, 0.1) is 0 Å². The van der Waals surface area contributed by atoms with Gasteiger partial charge in [-0.15, -0.1) is 0 Å². The van der Waals surface area contributed by atoms with Crippen molar-refractivity contribution < 1.29 is 52.4 Å². The molecule has 5 nitrogen and oxygen atoms in total. The zero-order chi connectivity index (χ0) is 11.5. The summed E-state index contributed by atoms with van der Waals surface area (Å²) >= 11 is 0. The second kappa shape index (κ2) is 6.17. The molecule has 7 heteroatoms. The van der Waals surface area contributed by atoms with Crippen LogP contribution >= 0.6 is 0 Å². The second-order valence-corrected chi connectivity index (χ2v) is 4.07. The van der Waals surface area contributed by atoms with Crippen molar-refractivity contribution in [3.05, 3.63) is 40.8 Å². The molecule has 1 aromatic rings. The fourth-order valence-corrected chi connectivity index (χ4v) is 1.43. The molecule has 0 amide bonds. The molecule has 16 heavy (non-hydrogen) atoms. The van der Waals surface area contributed by atoms with Gasteiger partial charge in [0, 0.05) is 0 Å². The summed E-state index contributed by atoms with van der Waals surface area (Å²) in [7, 11) is -4.76. The SMILES string of the molecule is O=C([O-])C(=Cc1ccccc1)S(=O)(=O)O.[Na+]. The van der Waals surface area contributed by atoms with Crippen LogP contribution in [0.25, 0.3) is 6.08 Å². The molecule has 1 rings (SSSR count). The van der Waals surface area contributed by atoms with Crippen LogP contribution in [0.2, 0.25) is 0 Å². The standard InChI is InChI=1S/C9H8O5S.Na/c10-9(11)8(15(12,13)14)6-7-4-2-1-3-5-7;/h1-6H,(H,10,11)(H,12,13,14);/q;+1/p-1. The zero-order valence-corrected chi connectivity index (χ0v) is 11.3. The number of aliphatic carboxylic acids is 1. The van der Waals surface area contributed by atoms with Gasteiger partial charge in [-0.3, -0.25) is 4.55 Å². The van der Waals surface area contributed by atoms with Gasteiger partial charge < -0.3 is 9.90 Å². The molecule has 0 radical (unpaired) electrons. The van der Waals surface area contributed by atoms with Crippen molar-refractivity contribution in [2.75, 3.05) is 0 Å². The molecule has 0 saturated carbocycles. The number of carboxylic acid groups (broad SMARTS) is 1. The van der Waals surface area contributed by atoms with Gasteiger partial charge in [-0.05, 0) is 11.6 Å². The number of rotatable bonds is 3. The first-order valence-corrected chi connectivity index (χ1v) is 5.31. The molecule has 0 aliphatic rings. The largest absolute Gasteiger partial charge is 1.00 e. The summed E-state index contributed by atoms with van der Waals surface area (Å²) in [6.45, 7) is 0. The van der Waals surface area contributed by atoms with Crippen molar-refractivity contribution in [2.45, 2.75) is 0 Å². The van der Waals surface area contributed by atoms with Gasteiger partial charge in [-0.25, -0.2) is 0 Å². The van der Waals surface area contributed by atoms with Gasteiger partial charge >= 0.3 is 29.6 Å². The fraction of sp³-hybridized carbons (Fsp3) is 0. The quantitative estimate of drug-likeness (QED) is 0.344. The van der Waals surface area contributed by atoms with Crippen LogP contribution in [0.4, 0.5) is 0 Å². The molecule has 0 unspecified atom stereocenters. The molecule has 0 aliphatic carbocycles. The Morgan fingerprint density at radius 1 is 1.25 bits per heavy atom. The number of carbonyl (C=O) groups excluding carboxylic acids is 1. The Bertz CT molecular complexity index is 492. The van der Waals surface area contributed by atoms with E-state index in [9.17, 15) is 18.3 Å². The number of carboxylic acids is 1. The maximum Gasteiger partial charge on any atom is 1.00 e. The first-order chi connectivity index (χ1) is 6.91. The van der Waals surface area contributed by atoms with Crippen LogP contribution < -0.4 is 34.7 Å². The molecule has 0 atom stereocenters. The van der Waals surface area contributed by atoms with Crippen molar-refractivity contribution >= 4 is 22.2 Å². The van der Waals surface area contributed by atoms with Crippen LogP contribution in [-0.4, -0.2) is 18.9 Å². The van der Waals surface area contributed by atoms with Crippen LogP contribution in [0.1, 0.15) is 5.56 Å². The normalized spacial score (nSPS) is 11.7. The van der Waals surface area contributed by atoms with E-state index in [0.29, 0.717) is 5.56 Å². The Hall–Kier alpha value is -0.660. The van der Waals surface area contributed by atoms with Gasteiger partial charge in [0.25, 0.3) is 10.1 Å². The van der Waals surface area contributed by atoms with E-state index in [0.717, 1.165) is 6.08 Å². The van der Waals surface area contributed by atoms with E-state index in [2.05, 4.69) is 0 Å². The molecular weight excluding hydrogens is 243 g/mol. The maximum atomic E-state index is 10.6. The molecule has 1 aromatic carbocycles. The number of hydrogen-bond donors (Lipinski definition) is 1. The fourth-order valence-electron chi connectivity index (χ4n) is 0.939. The predicted octanol–water partition coefficient (Wildman–Crippen LogP) is -3.33. The zero-order valence-electron chi connectivity index (χ0n) is 8.45. The molecule has 80 valence electrons. The summed E-state index contributed by atoms with van der Waals surface area (Å²) in [6.07, 6.45) is 0.824. The van der Waals surface area contributed by atoms with Crippen molar-refractivity contribution in [1.29, 1.82) is 0 Å². The Morgan fingerprint density at radius 3 is 2.12 bits per heavy atom. The number of carbonyl (C=O) groups is 1. The molecule has 0 saturated heterocycles. The molecule has 0 fully saturated rings. The summed E-state index contributed by atoms with van der Waals surface area (Å²) in [6, 6.07) is 7.87. The Balaban J connectivity index is 0.00000225. The van der Waals surface area contributed by atoms with Gasteiger partial charge in [0.05, 0.1) is 5.97 Å². The summed E-state index contributed by atoms with van der Waals surface area (Å²) in [5.41, 5.74) is 0.342. The van der Waals surface area contributed by atoms with Gasteiger partial charge in [0.15, 0.2) is 0 Å². The van der Waals surface area contributed by atoms with Crippen LogP contribution in [-0.2, 0) is 14.9 Å². The van der Waals surface area contributed by atoms with Crippen molar-refractivity contribution in [3.63, 3.8) is 0 Å². The molecular formula is C9H7NaO5S. The van der Waals surface area contributed by atoms with Gasteiger partial charge in [0.1, 0.15) is 4.91 Å². The van der Waals surface area contributed by atoms with Gasteiger partial charge in [-0.1, -0.05) is 30.3 Å². The molecule has 0 heterocycles. The van der Waals surface area contributed by atoms with E-state index in [1.54, 1.807) is 18.2 Å². The monoisotopic (exact) mass is 250 g/mol. The third-order valence-electron chi connectivity index (χ3n) is 1.58. The second-order valence-electron chi connectivity index (χ2n) is 2.68. The molecule has 0 aliphatic heterocycles. The Kier molecular flexibility index (Phi) is 5.91. The minimum atomic E-state index is -4.76. The first kappa shape index (κ1) is 15.3. The minimum Gasteiger partial charge on any atom is -0.544 e. The van der Waals surface area contributed by atoms with Crippen LogP contribution in [0.5, 0.6) is 0 Å². The van der Waals surface area contributed by atoms with E-state index >= 15 is 0 Å². The third kappa shape index (κ3) is 4.46. The smallest absolute Gasteiger partial charge is 0.544 e. The van der Waals surface area contributed by atoms with E-state index in [4.69, 9.17) is 4.55 Å². The van der Waals surface area contributed by atoms with Gasteiger partial charge in [-0.2, -0.15) is 8.42 Å². The van der Waals surface area contributed by atoms with E-state index in [-0.39, 0.29) is 29.6 Å². The molecule has 0 bridgehead atoms. The first-order valence-electron chi connectivity index (χ1n) is 3.87. The minimum absolute atomic E-state index is 0. The summed E-state index contributed by atoms with van der Waals surface area (Å²) in [5, 5.41) is 10.4. The summed E-state index contributed by atoms with van der Waals surface area (Å²) < 4.78 is 29.9. The summed E-state index contributed by atoms with van der Waals surface area (Å²) in [5.74, 6) is -1.94. The molecule has 0 spiro atoms. The van der Waals surface area contributed by atoms with Gasteiger partial charge in [0.2, 0.25) is 0 Å². The van der Waals surface area contributed by atoms with Crippen molar-refractivity contribution in [2.24, 2.45) is 0 Å². The number of hydrogen-bond acceptors (Lipinski definition) is 4. The van der Waals surface area contributed by atoms with E-state index in [1.165, 1.54) is 12.1 Å². The van der Waals surface area contributed by atoms with Crippen molar-refractivity contribution in [1.82, 2.24) is 0 Å².